The van der Waals surface area contributed by atoms with Crippen LogP contribution in [0.5, 0.6) is 0 Å². The van der Waals surface area contributed by atoms with Crippen molar-refractivity contribution in [3.63, 3.8) is 0 Å². The SMILES string of the molecule is FC(F)c1ccccc1/[C]=N\OCC(F)(F)F. The molecule has 0 aliphatic heterocycles. The molecule has 0 aliphatic rings. The standard InChI is InChI=1S/C10H7F5NO/c11-9(12)8-4-2-1-3-7(8)5-16-17-6-10(13,14)15/h1-4,9H,6H2. The molecule has 0 saturated carbocycles. The van der Waals surface area contributed by atoms with Crippen LogP contribution in [-0.4, -0.2) is 19.0 Å². The second-order valence-corrected chi connectivity index (χ2v) is 2.98. The van der Waals surface area contributed by atoms with Crippen LogP contribution in [0.25, 0.3) is 0 Å². The van der Waals surface area contributed by atoms with Gasteiger partial charge in [0.05, 0.1) is 0 Å². The monoisotopic (exact) mass is 252 g/mol. The molecule has 17 heavy (non-hydrogen) atoms. The van der Waals surface area contributed by atoms with E-state index in [0.717, 1.165) is 6.07 Å². The summed E-state index contributed by atoms with van der Waals surface area (Å²) in [6.45, 7) is -1.59. The van der Waals surface area contributed by atoms with Crippen LogP contribution < -0.4 is 0 Å². The van der Waals surface area contributed by atoms with Gasteiger partial charge in [0.15, 0.2) is 0 Å². The maximum atomic E-state index is 12.4. The number of hydrogen-bond donors (Lipinski definition) is 0. The van der Waals surface area contributed by atoms with Gasteiger partial charge in [-0.05, 0) is 0 Å². The second-order valence-electron chi connectivity index (χ2n) is 2.98. The average molecular weight is 252 g/mol. The number of benzene rings is 1. The molecular formula is C10H7F5NO. The summed E-state index contributed by atoms with van der Waals surface area (Å²) in [7, 11) is 0. The first kappa shape index (κ1) is 13.4. The van der Waals surface area contributed by atoms with Gasteiger partial charge < -0.3 is 4.84 Å². The van der Waals surface area contributed by atoms with Gasteiger partial charge in [-0.2, -0.15) is 13.2 Å². The maximum Gasteiger partial charge on any atom is 0.425 e. The zero-order valence-corrected chi connectivity index (χ0v) is 8.34. The van der Waals surface area contributed by atoms with Gasteiger partial charge >= 0.3 is 6.18 Å². The Kier molecular flexibility index (Phi) is 4.42. The fourth-order valence-electron chi connectivity index (χ4n) is 0.976. The van der Waals surface area contributed by atoms with Crippen molar-refractivity contribution in [3.8, 4) is 0 Å². The first-order chi connectivity index (χ1) is 7.90. The van der Waals surface area contributed by atoms with Crippen LogP contribution in [0.15, 0.2) is 29.4 Å². The number of hydrogen-bond acceptors (Lipinski definition) is 2. The Hall–Kier alpha value is -1.66. The minimum Gasteiger partial charge on any atom is -0.386 e. The summed E-state index contributed by atoms with van der Waals surface area (Å²) in [5.41, 5.74) is -0.475. The molecule has 0 saturated heterocycles. The highest BCUT2D eigenvalue weighted by molar-refractivity contribution is 5.81. The molecular weight excluding hydrogens is 245 g/mol. The van der Waals surface area contributed by atoms with E-state index in [1.54, 1.807) is 0 Å². The highest BCUT2D eigenvalue weighted by Crippen LogP contribution is 2.21. The third-order valence-corrected chi connectivity index (χ3v) is 1.65. The first-order valence-corrected chi connectivity index (χ1v) is 4.42. The van der Waals surface area contributed by atoms with Crippen LogP contribution in [0.4, 0.5) is 22.0 Å². The molecule has 1 rings (SSSR count). The summed E-state index contributed by atoms with van der Waals surface area (Å²) in [5.74, 6) is 0. The highest BCUT2D eigenvalue weighted by Gasteiger charge is 2.28. The summed E-state index contributed by atoms with van der Waals surface area (Å²) in [6, 6.07) is 5.20. The van der Waals surface area contributed by atoms with Crippen LogP contribution in [0.2, 0.25) is 0 Å². The van der Waals surface area contributed by atoms with Gasteiger partial charge in [-0.15, -0.1) is 0 Å². The molecule has 1 aromatic carbocycles. The summed E-state index contributed by atoms with van der Waals surface area (Å²) in [5, 5.41) is 2.87. The van der Waals surface area contributed by atoms with E-state index in [2.05, 4.69) is 9.99 Å². The molecule has 1 radical (unpaired) electrons. The van der Waals surface area contributed by atoms with Crippen molar-refractivity contribution in [2.24, 2.45) is 5.16 Å². The summed E-state index contributed by atoms with van der Waals surface area (Å²) in [4.78, 5) is 3.88. The minimum atomic E-state index is -4.52. The molecule has 0 heterocycles. The van der Waals surface area contributed by atoms with Gasteiger partial charge in [-0.1, -0.05) is 29.4 Å². The lowest BCUT2D eigenvalue weighted by Crippen LogP contribution is -2.14. The van der Waals surface area contributed by atoms with E-state index in [0.29, 0.717) is 0 Å². The van der Waals surface area contributed by atoms with E-state index in [1.165, 1.54) is 18.2 Å². The Bertz CT molecular complexity index is 389. The Balaban J connectivity index is 2.65. The van der Waals surface area contributed by atoms with Crippen molar-refractivity contribution in [1.29, 1.82) is 0 Å². The number of nitrogens with zero attached hydrogens (tertiary/aromatic N) is 1. The molecule has 0 spiro atoms. The Morgan fingerprint density at radius 1 is 1.24 bits per heavy atom. The smallest absolute Gasteiger partial charge is 0.386 e. The Morgan fingerprint density at radius 2 is 1.88 bits per heavy atom. The number of halogens is 5. The molecule has 0 N–H and O–H groups in total. The van der Waals surface area contributed by atoms with Gasteiger partial charge in [0, 0.05) is 11.1 Å². The zero-order chi connectivity index (χ0) is 12.9. The average Bonchev–Trinajstić information content (AvgIpc) is 2.23. The van der Waals surface area contributed by atoms with Crippen LogP contribution in [0.3, 0.4) is 0 Å². The number of rotatable bonds is 4. The van der Waals surface area contributed by atoms with E-state index in [9.17, 15) is 22.0 Å². The van der Waals surface area contributed by atoms with Gasteiger partial charge in [0.1, 0.15) is 6.21 Å². The first-order valence-electron chi connectivity index (χ1n) is 4.42. The summed E-state index contributed by atoms with van der Waals surface area (Å²) >= 11 is 0. The molecule has 0 atom stereocenters. The van der Waals surface area contributed by atoms with E-state index in [1.807, 2.05) is 6.21 Å². The molecule has 0 amide bonds. The largest absolute Gasteiger partial charge is 0.425 e. The normalized spacial score (nSPS) is 12.4. The van der Waals surface area contributed by atoms with Gasteiger partial charge in [-0.3, -0.25) is 0 Å². The van der Waals surface area contributed by atoms with Crippen LogP contribution in [0.1, 0.15) is 17.6 Å². The molecule has 1 aromatic rings. The molecule has 7 heteroatoms. The predicted octanol–water partition coefficient (Wildman–Crippen LogP) is 3.41. The number of alkyl halides is 5. The van der Waals surface area contributed by atoms with E-state index in [4.69, 9.17) is 0 Å². The van der Waals surface area contributed by atoms with Crippen molar-refractivity contribution in [2.45, 2.75) is 12.6 Å². The molecule has 2 nitrogen and oxygen atoms in total. The molecule has 0 aliphatic carbocycles. The van der Waals surface area contributed by atoms with Crippen molar-refractivity contribution in [1.82, 2.24) is 0 Å². The third kappa shape index (κ3) is 4.80. The van der Waals surface area contributed by atoms with E-state index >= 15 is 0 Å². The maximum absolute atomic E-state index is 12.4. The summed E-state index contributed by atoms with van der Waals surface area (Å²) in [6.07, 6.45) is -5.28. The third-order valence-electron chi connectivity index (χ3n) is 1.65. The topological polar surface area (TPSA) is 21.6 Å². The lowest BCUT2D eigenvalue weighted by Gasteiger charge is -2.04. The highest BCUT2D eigenvalue weighted by atomic mass is 19.4. The lowest BCUT2D eigenvalue weighted by atomic mass is 10.1. The Labute approximate surface area is 93.7 Å². The van der Waals surface area contributed by atoms with Crippen LogP contribution in [-0.2, 0) is 4.84 Å². The molecule has 0 unspecified atom stereocenters. The molecule has 0 fully saturated rings. The minimum absolute atomic E-state index is 0.107. The van der Waals surface area contributed by atoms with Crippen molar-refractivity contribution >= 4 is 6.21 Å². The lowest BCUT2D eigenvalue weighted by molar-refractivity contribution is -0.173. The van der Waals surface area contributed by atoms with Crippen molar-refractivity contribution in [3.05, 3.63) is 35.4 Å². The summed E-state index contributed by atoms with van der Waals surface area (Å²) < 4.78 is 59.8. The second kappa shape index (κ2) is 5.60. The van der Waals surface area contributed by atoms with Crippen molar-refractivity contribution in [2.75, 3.05) is 6.61 Å². The fraction of sp³-hybridized carbons (Fsp3) is 0.300. The van der Waals surface area contributed by atoms with E-state index in [-0.39, 0.29) is 11.1 Å². The van der Waals surface area contributed by atoms with Crippen molar-refractivity contribution < 1.29 is 26.8 Å². The Morgan fingerprint density at radius 3 is 2.47 bits per heavy atom. The molecule has 0 bridgehead atoms. The molecule has 93 valence electrons. The zero-order valence-electron chi connectivity index (χ0n) is 8.34. The van der Waals surface area contributed by atoms with E-state index < -0.39 is 19.2 Å². The predicted molar refractivity (Wildman–Crippen MR) is 49.9 cm³/mol. The van der Waals surface area contributed by atoms with Gasteiger partial charge in [0.25, 0.3) is 6.43 Å². The van der Waals surface area contributed by atoms with Crippen LogP contribution >= 0.6 is 0 Å². The van der Waals surface area contributed by atoms with Gasteiger partial charge in [0.2, 0.25) is 6.61 Å². The quantitative estimate of drug-likeness (QED) is 0.457. The van der Waals surface area contributed by atoms with Crippen LogP contribution in [0, 0.1) is 0 Å². The molecule has 0 aromatic heterocycles. The van der Waals surface area contributed by atoms with Gasteiger partial charge in [-0.25, -0.2) is 8.78 Å². The fourth-order valence-corrected chi connectivity index (χ4v) is 0.976.